The molecule has 0 aliphatic rings. The minimum Gasteiger partial charge on any atom is -0.372 e. The van der Waals surface area contributed by atoms with Gasteiger partial charge < -0.3 is 10.2 Å². The fourth-order valence-corrected chi connectivity index (χ4v) is 2.53. The second kappa shape index (κ2) is 6.43. The monoisotopic (exact) mass is 310 g/mol. The zero-order chi connectivity index (χ0) is 16.2. The third-order valence-electron chi connectivity index (χ3n) is 3.64. The van der Waals surface area contributed by atoms with Gasteiger partial charge in [0.2, 0.25) is 5.91 Å². The molecule has 0 saturated carbocycles. The van der Waals surface area contributed by atoms with Gasteiger partial charge in [0.05, 0.1) is 11.6 Å². The lowest BCUT2D eigenvalue weighted by Crippen LogP contribution is -2.33. The number of hydrogen-bond donors (Lipinski definition) is 1. The Morgan fingerprint density at radius 3 is 2.74 bits per heavy atom. The maximum Gasteiger partial charge on any atom is 0.248 e. The van der Waals surface area contributed by atoms with Crippen molar-refractivity contribution in [2.24, 2.45) is 0 Å². The first kappa shape index (κ1) is 15.0. The second-order valence-corrected chi connectivity index (χ2v) is 4.99. The molecule has 23 heavy (non-hydrogen) atoms. The van der Waals surface area contributed by atoms with Gasteiger partial charge in [-0.25, -0.2) is 14.6 Å². The van der Waals surface area contributed by atoms with Crippen LogP contribution in [0.2, 0.25) is 0 Å². The Morgan fingerprint density at radius 1 is 1.26 bits per heavy atom. The zero-order valence-electron chi connectivity index (χ0n) is 13.1. The number of carbonyl (C=O) groups excluding carboxylic acids is 1. The van der Waals surface area contributed by atoms with E-state index in [1.807, 2.05) is 37.3 Å². The summed E-state index contributed by atoms with van der Waals surface area (Å²) in [5, 5.41) is 8.07. The number of anilines is 2. The van der Waals surface area contributed by atoms with Crippen LogP contribution in [0.1, 0.15) is 6.92 Å². The minimum absolute atomic E-state index is 0.0340. The molecule has 1 N–H and O–H groups in total. The molecule has 1 amide bonds. The SMILES string of the molecule is CCN(C(=O)Cn1ncc2c(NC)ncnc21)c1ccccc1. The summed E-state index contributed by atoms with van der Waals surface area (Å²) in [6.07, 6.45) is 3.14. The zero-order valence-corrected chi connectivity index (χ0v) is 13.1. The van der Waals surface area contributed by atoms with E-state index in [1.165, 1.54) is 6.33 Å². The topological polar surface area (TPSA) is 75.9 Å². The Balaban J connectivity index is 1.88. The van der Waals surface area contributed by atoms with Crippen LogP contribution in [-0.4, -0.2) is 39.2 Å². The highest BCUT2D eigenvalue weighted by Gasteiger charge is 2.17. The number of hydrogen-bond acceptors (Lipinski definition) is 5. The van der Waals surface area contributed by atoms with E-state index in [1.54, 1.807) is 22.8 Å². The molecule has 0 unspecified atom stereocenters. The van der Waals surface area contributed by atoms with E-state index in [9.17, 15) is 4.79 Å². The number of rotatable bonds is 5. The molecule has 0 aliphatic carbocycles. The highest BCUT2D eigenvalue weighted by Crippen LogP contribution is 2.19. The van der Waals surface area contributed by atoms with Gasteiger partial charge >= 0.3 is 0 Å². The van der Waals surface area contributed by atoms with Crippen LogP contribution in [-0.2, 0) is 11.3 Å². The van der Waals surface area contributed by atoms with E-state index >= 15 is 0 Å². The predicted molar refractivity (Wildman–Crippen MR) is 89.3 cm³/mol. The normalized spacial score (nSPS) is 10.7. The van der Waals surface area contributed by atoms with Gasteiger partial charge in [-0.05, 0) is 19.1 Å². The molecule has 0 spiro atoms. The molecule has 0 saturated heterocycles. The lowest BCUT2D eigenvalue weighted by molar-refractivity contribution is -0.119. The summed E-state index contributed by atoms with van der Waals surface area (Å²) in [6.45, 7) is 2.68. The van der Waals surface area contributed by atoms with Crippen LogP contribution in [0.3, 0.4) is 0 Å². The molecule has 3 rings (SSSR count). The number of fused-ring (bicyclic) bond motifs is 1. The predicted octanol–water partition coefficient (Wildman–Crippen LogP) is 1.92. The first-order valence-electron chi connectivity index (χ1n) is 7.44. The molecule has 0 radical (unpaired) electrons. The van der Waals surface area contributed by atoms with E-state index in [0.717, 1.165) is 11.1 Å². The average molecular weight is 310 g/mol. The first-order chi connectivity index (χ1) is 11.2. The molecule has 0 bridgehead atoms. The van der Waals surface area contributed by atoms with Crippen molar-refractivity contribution in [3.63, 3.8) is 0 Å². The number of aromatic nitrogens is 4. The fraction of sp³-hybridized carbons (Fsp3) is 0.250. The van der Waals surface area contributed by atoms with Gasteiger partial charge in [0, 0.05) is 19.3 Å². The molecule has 3 aromatic rings. The fourth-order valence-electron chi connectivity index (χ4n) is 2.53. The van der Waals surface area contributed by atoms with Gasteiger partial charge in [0.15, 0.2) is 5.65 Å². The third kappa shape index (κ3) is 2.85. The molecule has 0 atom stereocenters. The van der Waals surface area contributed by atoms with E-state index in [2.05, 4.69) is 20.4 Å². The van der Waals surface area contributed by atoms with Crippen LogP contribution < -0.4 is 10.2 Å². The quantitative estimate of drug-likeness (QED) is 0.779. The number of nitrogens with zero attached hydrogens (tertiary/aromatic N) is 5. The highest BCUT2D eigenvalue weighted by atomic mass is 16.2. The summed E-state index contributed by atoms with van der Waals surface area (Å²) in [7, 11) is 1.79. The van der Waals surface area contributed by atoms with Gasteiger partial charge in [0.1, 0.15) is 18.7 Å². The Bertz CT molecular complexity index is 814. The molecule has 1 aromatic carbocycles. The molecule has 7 nitrogen and oxygen atoms in total. The van der Waals surface area contributed by atoms with Crippen LogP contribution in [0.5, 0.6) is 0 Å². The Labute approximate surface area is 134 Å². The molecule has 0 aliphatic heterocycles. The summed E-state index contributed by atoms with van der Waals surface area (Å²) in [6, 6.07) is 9.61. The van der Waals surface area contributed by atoms with Crippen LogP contribution in [0.25, 0.3) is 11.0 Å². The summed E-state index contributed by atoms with van der Waals surface area (Å²) < 4.78 is 1.60. The largest absolute Gasteiger partial charge is 0.372 e. The van der Waals surface area contributed by atoms with Gasteiger partial charge in [0.25, 0.3) is 0 Å². The van der Waals surface area contributed by atoms with Crippen molar-refractivity contribution in [1.82, 2.24) is 19.7 Å². The van der Waals surface area contributed by atoms with Crippen molar-refractivity contribution >= 4 is 28.4 Å². The van der Waals surface area contributed by atoms with Crippen molar-refractivity contribution in [3.05, 3.63) is 42.9 Å². The van der Waals surface area contributed by atoms with E-state index in [-0.39, 0.29) is 12.5 Å². The van der Waals surface area contributed by atoms with Gasteiger partial charge in [-0.2, -0.15) is 5.10 Å². The van der Waals surface area contributed by atoms with Crippen LogP contribution in [0, 0.1) is 0 Å². The molecule has 2 heterocycles. The molecule has 118 valence electrons. The van der Waals surface area contributed by atoms with Crippen molar-refractivity contribution < 1.29 is 4.79 Å². The number of nitrogens with one attached hydrogen (secondary N) is 1. The smallest absolute Gasteiger partial charge is 0.248 e. The van der Waals surface area contributed by atoms with Crippen molar-refractivity contribution in [3.8, 4) is 0 Å². The lowest BCUT2D eigenvalue weighted by Gasteiger charge is -2.21. The number of amides is 1. The van der Waals surface area contributed by atoms with Gasteiger partial charge in [-0.15, -0.1) is 0 Å². The Hall–Kier alpha value is -2.96. The van der Waals surface area contributed by atoms with E-state index in [4.69, 9.17) is 0 Å². The maximum atomic E-state index is 12.6. The Kier molecular flexibility index (Phi) is 4.18. The summed E-state index contributed by atoms with van der Waals surface area (Å²) in [5.74, 6) is 0.664. The molecule has 2 aromatic heterocycles. The summed E-state index contributed by atoms with van der Waals surface area (Å²) >= 11 is 0. The van der Waals surface area contributed by atoms with Crippen LogP contribution >= 0.6 is 0 Å². The summed E-state index contributed by atoms with van der Waals surface area (Å²) in [5.41, 5.74) is 1.52. The molecule has 0 fully saturated rings. The molecule has 7 heteroatoms. The second-order valence-electron chi connectivity index (χ2n) is 4.99. The first-order valence-corrected chi connectivity index (χ1v) is 7.44. The van der Waals surface area contributed by atoms with Crippen molar-refractivity contribution in [2.75, 3.05) is 23.8 Å². The standard InChI is InChI=1S/C16H18N6O/c1-3-21(12-7-5-4-6-8-12)14(23)10-22-16-13(9-20-22)15(17-2)18-11-19-16/h4-9,11H,3,10H2,1-2H3,(H,17,18,19). The van der Waals surface area contributed by atoms with Crippen molar-refractivity contribution in [1.29, 1.82) is 0 Å². The molecular formula is C16H18N6O. The molecular weight excluding hydrogens is 292 g/mol. The number of carbonyl (C=O) groups is 1. The van der Waals surface area contributed by atoms with Crippen LogP contribution in [0.15, 0.2) is 42.9 Å². The lowest BCUT2D eigenvalue weighted by atomic mass is 10.3. The Morgan fingerprint density at radius 2 is 2.04 bits per heavy atom. The minimum atomic E-state index is -0.0340. The number of para-hydroxylation sites is 1. The van der Waals surface area contributed by atoms with Gasteiger partial charge in [-0.1, -0.05) is 18.2 Å². The van der Waals surface area contributed by atoms with E-state index in [0.29, 0.717) is 18.0 Å². The third-order valence-corrected chi connectivity index (χ3v) is 3.64. The maximum absolute atomic E-state index is 12.6. The number of likely N-dealkylation sites (N-methyl/N-ethyl adjacent to an activating group) is 1. The number of benzene rings is 1. The van der Waals surface area contributed by atoms with Crippen molar-refractivity contribution in [2.45, 2.75) is 13.5 Å². The highest BCUT2D eigenvalue weighted by molar-refractivity contribution is 5.94. The average Bonchev–Trinajstić information content (AvgIpc) is 2.99. The van der Waals surface area contributed by atoms with E-state index < -0.39 is 0 Å². The van der Waals surface area contributed by atoms with Crippen LogP contribution in [0.4, 0.5) is 11.5 Å². The summed E-state index contributed by atoms with van der Waals surface area (Å²) in [4.78, 5) is 22.8. The van der Waals surface area contributed by atoms with Gasteiger partial charge in [-0.3, -0.25) is 4.79 Å².